The predicted molar refractivity (Wildman–Crippen MR) is 78.5 cm³/mol. The second-order valence-corrected chi connectivity index (χ2v) is 6.24. The van der Waals surface area contributed by atoms with Crippen molar-refractivity contribution >= 4 is 5.91 Å². The predicted octanol–water partition coefficient (Wildman–Crippen LogP) is 2.21. The van der Waals surface area contributed by atoms with Crippen molar-refractivity contribution in [3.8, 4) is 0 Å². The van der Waals surface area contributed by atoms with Crippen LogP contribution >= 0.6 is 0 Å². The van der Waals surface area contributed by atoms with Gasteiger partial charge in [0.15, 0.2) is 0 Å². The molecule has 0 aromatic carbocycles. The van der Waals surface area contributed by atoms with Gasteiger partial charge >= 0.3 is 0 Å². The van der Waals surface area contributed by atoms with Crippen molar-refractivity contribution in [2.45, 2.75) is 38.1 Å². The number of nitrogens with zero attached hydrogens (tertiary/aromatic N) is 2. The molecule has 1 aromatic heterocycles. The highest BCUT2D eigenvalue weighted by Gasteiger charge is 2.27. The average molecular weight is 291 g/mol. The molecule has 114 valence electrons. The molecule has 1 amide bonds. The Balaban J connectivity index is 1.47. The molecule has 1 atom stereocenters. The SMILES string of the molecule is O=C(N[C@@H]1CCN(CC2CCCC2)C1)c1ccc(F)nc1. The van der Waals surface area contributed by atoms with Crippen molar-refractivity contribution in [1.29, 1.82) is 0 Å². The number of rotatable bonds is 4. The number of carbonyl (C=O) groups excluding carboxylic acids is 1. The fourth-order valence-electron chi connectivity index (χ4n) is 3.45. The van der Waals surface area contributed by atoms with E-state index >= 15 is 0 Å². The molecule has 3 rings (SSSR count). The maximum atomic E-state index is 12.8. The molecule has 1 aromatic rings. The van der Waals surface area contributed by atoms with Crippen LogP contribution in [-0.2, 0) is 0 Å². The van der Waals surface area contributed by atoms with Crippen LogP contribution in [0.15, 0.2) is 18.3 Å². The summed E-state index contributed by atoms with van der Waals surface area (Å²) in [7, 11) is 0. The zero-order valence-electron chi connectivity index (χ0n) is 12.2. The Labute approximate surface area is 124 Å². The summed E-state index contributed by atoms with van der Waals surface area (Å²) in [4.78, 5) is 18.1. The van der Waals surface area contributed by atoms with Crippen molar-refractivity contribution in [2.75, 3.05) is 19.6 Å². The number of hydrogen-bond acceptors (Lipinski definition) is 3. The van der Waals surface area contributed by atoms with Crippen LogP contribution in [0.2, 0.25) is 0 Å². The van der Waals surface area contributed by atoms with Crippen LogP contribution in [0, 0.1) is 11.9 Å². The van der Waals surface area contributed by atoms with E-state index in [0.717, 1.165) is 25.4 Å². The zero-order valence-corrected chi connectivity index (χ0v) is 12.2. The summed E-state index contributed by atoms with van der Waals surface area (Å²) in [6.45, 7) is 3.16. The van der Waals surface area contributed by atoms with Gasteiger partial charge in [-0.05, 0) is 37.3 Å². The Hall–Kier alpha value is -1.49. The number of amides is 1. The summed E-state index contributed by atoms with van der Waals surface area (Å²) in [6, 6.07) is 2.89. The van der Waals surface area contributed by atoms with Gasteiger partial charge in [0.2, 0.25) is 5.95 Å². The number of pyridine rings is 1. The number of hydrogen-bond donors (Lipinski definition) is 1. The molecule has 0 spiro atoms. The van der Waals surface area contributed by atoms with E-state index in [9.17, 15) is 9.18 Å². The van der Waals surface area contributed by atoms with Crippen molar-refractivity contribution in [3.05, 3.63) is 29.8 Å². The fraction of sp³-hybridized carbons (Fsp3) is 0.625. The number of likely N-dealkylation sites (tertiary alicyclic amines) is 1. The number of halogens is 1. The van der Waals surface area contributed by atoms with E-state index in [4.69, 9.17) is 0 Å². The van der Waals surface area contributed by atoms with Crippen LogP contribution < -0.4 is 5.32 Å². The van der Waals surface area contributed by atoms with Gasteiger partial charge in [-0.1, -0.05) is 12.8 Å². The molecule has 5 heteroatoms. The smallest absolute Gasteiger partial charge is 0.253 e. The standard InChI is InChI=1S/C16H22FN3O/c17-15-6-5-13(9-18-15)16(21)19-14-7-8-20(11-14)10-12-3-1-2-4-12/h5-6,9,12,14H,1-4,7-8,10-11H2,(H,19,21)/t14-/m1/s1. The van der Waals surface area contributed by atoms with Crippen LogP contribution in [-0.4, -0.2) is 41.5 Å². The summed E-state index contributed by atoms with van der Waals surface area (Å²) < 4.78 is 12.8. The lowest BCUT2D eigenvalue weighted by atomic mass is 10.1. The normalized spacial score (nSPS) is 23.6. The molecular formula is C16H22FN3O. The van der Waals surface area contributed by atoms with Gasteiger partial charge in [-0.2, -0.15) is 4.39 Å². The molecule has 2 aliphatic rings. The minimum Gasteiger partial charge on any atom is -0.348 e. The number of carbonyl (C=O) groups is 1. The van der Waals surface area contributed by atoms with E-state index < -0.39 is 5.95 Å². The van der Waals surface area contributed by atoms with Crippen LogP contribution in [0.3, 0.4) is 0 Å². The third kappa shape index (κ3) is 3.79. The maximum absolute atomic E-state index is 12.8. The molecule has 2 heterocycles. The van der Waals surface area contributed by atoms with Gasteiger partial charge in [-0.15, -0.1) is 0 Å². The van der Waals surface area contributed by atoms with Gasteiger partial charge in [0, 0.05) is 31.9 Å². The van der Waals surface area contributed by atoms with Gasteiger partial charge < -0.3 is 10.2 Å². The van der Waals surface area contributed by atoms with Crippen molar-refractivity contribution in [3.63, 3.8) is 0 Å². The second-order valence-electron chi connectivity index (χ2n) is 6.24. The van der Waals surface area contributed by atoms with Gasteiger partial charge in [-0.3, -0.25) is 4.79 Å². The molecule has 4 nitrogen and oxygen atoms in total. The largest absolute Gasteiger partial charge is 0.348 e. The Kier molecular flexibility index (Phi) is 4.48. The first-order valence-corrected chi connectivity index (χ1v) is 7.85. The lowest BCUT2D eigenvalue weighted by Gasteiger charge is -2.20. The lowest BCUT2D eigenvalue weighted by Crippen LogP contribution is -2.37. The van der Waals surface area contributed by atoms with Crippen molar-refractivity contribution < 1.29 is 9.18 Å². The van der Waals surface area contributed by atoms with E-state index in [1.54, 1.807) is 0 Å². The highest BCUT2D eigenvalue weighted by atomic mass is 19.1. The summed E-state index contributed by atoms with van der Waals surface area (Å²) in [6.07, 6.45) is 7.74. The summed E-state index contributed by atoms with van der Waals surface area (Å²) >= 11 is 0. The zero-order chi connectivity index (χ0) is 14.7. The summed E-state index contributed by atoms with van der Waals surface area (Å²) in [5.41, 5.74) is 0.422. The molecule has 21 heavy (non-hydrogen) atoms. The highest BCUT2D eigenvalue weighted by molar-refractivity contribution is 5.94. The molecule has 0 bridgehead atoms. The summed E-state index contributed by atoms with van der Waals surface area (Å²) in [5.74, 6) is 0.131. The molecular weight excluding hydrogens is 269 g/mol. The Morgan fingerprint density at radius 3 is 2.86 bits per heavy atom. The van der Waals surface area contributed by atoms with Crippen molar-refractivity contribution in [2.24, 2.45) is 5.92 Å². The van der Waals surface area contributed by atoms with E-state index in [0.29, 0.717) is 5.56 Å². The Bertz CT molecular complexity index is 485. The van der Waals surface area contributed by atoms with Crippen LogP contribution in [0.4, 0.5) is 4.39 Å². The molecule has 1 saturated carbocycles. The average Bonchev–Trinajstić information content (AvgIpc) is 3.12. The molecule has 2 fully saturated rings. The number of nitrogens with one attached hydrogen (secondary N) is 1. The van der Waals surface area contributed by atoms with E-state index in [2.05, 4.69) is 15.2 Å². The fourth-order valence-corrected chi connectivity index (χ4v) is 3.45. The quantitative estimate of drug-likeness (QED) is 0.865. The first kappa shape index (κ1) is 14.4. The minimum absolute atomic E-state index is 0.157. The lowest BCUT2D eigenvalue weighted by molar-refractivity contribution is 0.0937. The summed E-state index contributed by atoms with van der Waals surface area (Å²) in [5, 5.41) is 3.03. The van der Waals surface area contributed by atoms with Gasteiger partial charge in [-0.25, -0.2) is 4.98 Å². The third-order valence-electron chi connectivity index (χ3n) is 4.59. The highest BCUT2D eigenvalue weighted by Crippen LogP contribution is 2.26. The van der Waals surface area contributed by atoms with E-state index in [-0.39, 0.29) is 11.9 Å². The van der Waals surface area contributed by atoms with Crippen LogP contribution in [0.25, 0.3) is 0 Å². The molecule has 0 unspecified atom stereocenters. The van der Waals surface area contributed by atoms with Crippen LogP contribution in [0.5, 0.6) is 0 Å². The van der Waals surface area contributed by atoms with E-state index in [1.807, 2.05) is 0 Å². The Morgan fingerprint density at radius 1 is 1.33 bits per heavy atom. The van der Waals surface area contributed by atoms with Crippen LogP contribution in [0.1, 0.15) is 42.5 Å². The first-order valence-electron chi connectivity index (χ1n) is 7.85. The number of aromatic nitrogens is 1. The van der Waals surface area contributed by atoms with Gasteiger partial charge in [0.05, 0.1) is 5.56 Å². The Morgan fingerprint density at radius 2 is 2.14 bits per heavy atom. The third-order valence-corrected chi connectivity index (χ3v) is 4.59. The first-order chi connectivity index (χ1) is 10.2. The second kappa shape index (κ2) is 6.52. The molecule has 0 radical (unpaired) electrons. The minimum atomic E-state index is -0.560. The monoisotopic (exact) mass is 291 g/mol. The molecule has 1 saturated heterocycles. The van der Waals surface area contributed by atoms with Gasteiger partial charge in [0.1, 0.15) is 0 Å². The maximum Gasteiger partial charge on any atom is 0.253 e. The molecule has 1 N–H and O–H groups in total. The molecule has 1 aliphatic carbocycles. The molecule has 1 aliphatic heterocycles. The van der Waals surface area contributed by atoms with Gasteiger partial charge in [0.25, 0.3) is 5.91 Å². The van der Waals surface area contributed by atoms with Crippen molar-refractivity contribution in [1.82, 2.24) is 15.2 Å². The topological polar surface area (TPSA) is 45.2 Å². The van der Waals surface area contributed by atoms with E-state index in [1.165, 1.54) is 50.6 Å².